The zero-order chi connectivity index (χ0) is 45.0. The number of Topliss-reactive ketones (excluding diaryl/α,β-unsaturated/α-hetero) is 2. The standard InChI is InChI=1S/C44H60FN5O11/c1-11-32-44(8)35(48-41(56)61-44)26(4)33(51)24(2)23-42(6,60-40(55)46-20-12-14-28-16-18-29(19-17-28)30-15-13-21-47-49-30)37(27(5)36(53)43(7,45)39(54)58-32)59-38-34(52)31(50(9)10)22-25(3)57-38/h12-19,21,24-27,31-32,34-35,37-38,52H,11,20,22-23H2,1-10H3,(H,46,55)(H,48,56)/b14-12+/t24-,25-,26+,27+,31+,32-,34-,35?,37-,38+,42-,43+,44-/m1/s1. The van der Waals surface area contributed by atoms with E-state index in [-0.39, 0.29) is 25.2 Å². The number of aliphatic hydroxyl groups excluding tert-OH is 1. The number of alkyl carbamates (subject to hydrolysis) is 2. The minimum atomic E-state index is -3.29. The number of amides is 2. The Kier molecular flexibility index (Phi) is 14.7. The molecule has 3 saturated heterocycles. The number of ether oxygens (including phenoxy) is 5. The number of aliphatic hydroxyl groups is 1. The number of nitrogens with one attached hydrogen (secondary N) is 2. The summed E-state index contributed by atoms with van der Waals surface area (Å²) in [4.78, 5) is 70.9. The van der Waals surface area contributed by atoms with Crippen molar-refractivity contribution in [3.63, 3.8) is 0 Å². The highest BCUT2D eigenvalue weighted by Gasteiger charge is 2.60. The van der Waals surface area contributed by atoms with E-state index < -0.39 is 101 Å². The zero-order valence-electron chi connectivity index (χ0n) is 36.5. The molecule has 0 spiro atoms. The van der Waals surface area contributed by atoms with Crippen molar-refractivity contribution in [1.29, 1.82) is 0 Å². The van der Waals surface area contributed by atoms with E-state index >= 15 is 4.39 Å². The quantitative estimate of drug-likeness (QED) is 0.176. The van der Waals surface area contributed by atoms with Crippen molar-refractivity contribution in [2.45, 2.75) is 134 Å². The van der Waals surface area contributed by atoms with Crippen molar-refractivity contribution in [2.75, 3.05) is 20.6 Å². The number of benzene rings is 1. The molecule has 2 amide bonds. The normalized spacial score (nSPS) is 36.4. The second-order valence-electron chi connectivity index (χ2n) is 17.3. The summed E-state index contributed by atoms with van der Waals surface area (Å²) in [7, 11) is 3.55. The first-order chi connectivity index (χ1) is 28.6. The maximum Gasteiger partial charge on any atom is 0.408 e. The lowest BCUT2D eigenvalue weighted by Gasteiger charge is -2.47. The molecule has 1 unspecified atom stereocenters. The number of halogens is 1. The second kappa shape index (κ2) is 19.1. The fraction of sp³-hybridized carbons (Fsp3) is 0.614. The topological polar surface area (TPSA) is 205 Å². The molecule has 0 radical (unpaired) electrons. The number of ketones is 2. The van der Waals surface area contributed by atoms with Crippen molar-refractivity contribution in [1.82, 2.24) is 25.7 Å². The molecule has 5 rings (SSSR count). The van der Waals surface area contributed by atoms with Gasteiger partial charge >= 0.3 is 18.2 Å². The van der Waals surface area contributed by atoms with Gasteiger partial charge in [-0.3, -0.25) is 9.59 Å². The molecule has 334 valence electrons. The molecule has 3 N–H and O–H groups in total. The van der Waals surface area contributed by atoms with Gasteiger partial charge in [0.2, 0.25) is 0 Å². The van der Waals surface area contributed by atoms with Crippen LogP contribution in [0.5, 0.6) is 0 Å². The molecule has 13 atom stereocenters. The number of alkyl halides is 1. The maximum absolute atomic E-state index is 16.9. The highest BCUT2D eigenvalue weighted by molar-refractivity contribution is 6.08. The Morgan fingerprint density at radius 1 is 1.07 bits per heavy atom. The molecule has 0 aliphatic carbocycles. The van der Waals surface area contributed by atoms with Crippen LogP contribution < -0.4 is 10.6 Å². The van der Waals surface area contributed by atoms with Crippen LogP contribution in [0.15, 0.2) is 48.7 Å². The van der Waals surface area contributed by atoms with Gasteiger partial charge in [0.15, 0.2) is 17.7 Å². The number of hydrogen-bond donors (Lipinski definition) is 3. The number of nitrogens with zero attached hydrogens (tertiary/aromatic N) is 3. The highest BCUT2D eigenvalue weighted by Crippen LogP contribution is 2.41. The fourth-order valence-corrected chi connectivity index (χ4v) is 8.89. The molecule has 17 heteroatoms. The average molecular weight is 854 g/mol. The van der Waals surface area contributed by atoms with E-state index in [1.54, 1.807) is 71.1 Å². The Balaban J connectivity index is 1.50. The molecule has 61 heavy (non-hydrogen) atoms. The highest BCUT2D eigenvalue weighted by atomic mass is 19.1. The van der Waals surface area contributed by atoms with Gasteiger partial charge in [-0.1, -0.05) is 64.1 Å². The second-order valence-corrected chi connectivity index (χ2v) is 17.3. The summed E-state index contributed by atoms with van der Waals surface area (Å²) in [6, 6.07) is 9.67. The summed E-state index contributed by atoms with van der Waals surface area (Å²) in [5.41, 5.74) is -4.43. The Morgan fingerprint density at radius 2 is 1.75 bits per heavy atom. The smallest absolute Gasteiger partial charge is 0.408 e. The van der Waals surface area contributed by atoms with Gasteiger partial charge in [0, 0.05) is 42.1 Å². The first-order valence-corrected chi connectivity index (χ1v) is 20.8. The monoisotopic (exact) mass is 853 g/mol. The van der Waals surface area contributed by atoms with Crippen molar-refractivity contribution < 1.29 is 57.2 Å². The third-order valence-electron chi connectivity index (χ3n) is 12.3. The van der Waals surface area contributed by atoms with Crippen LogP contribution in [0.4, 0.5) is 14.0 Å². The molecule has 3 fully saturated rings. The van der Waals surface area contributed by atoms with Gasteiger partial charge in [0.25, 0.3) is 5.67 Å². The van der Waals surface area contributed by atoms with Crippen LogP contribution in [0.3, 0.4) is 0 Å². The van der Waals surface area contributed by atoms with Crippen LogP contribution in [0, 0.1) is 17.8 Å². The third-order valence-corrected chi connectivity index (χ3v) is 12.3. The van der Waals surface area contributed by atoms with Gasteiger partial charge in [0.05, 0.1) is 17.8 Å². The Hall–Kier alpha value is -4.84. The lowest BCUT2D eigenvalue weighted by molar-refractivity contribution is -0.292. The average Bonchev–Trinajstić information content (AvgIpc) is 3.54. The van der Waals surface area contributed by atoms with E-state index in [0.717, 1.165) is 18.1 Å². The molecule has 0 bridgehead atoms. The van der Waals surface area contributed by atoms with Crippen LogP contribution in [0.1, 0.15) is 80.2 Å². The lowest BCUT2D eigenvalue weighted by Crippen LogP contribution is -2.62. The predicted molar refractivity (Wildman–Crippen MR) is 220 cm³/mol. The van der Waals surface area contributed by atoms with E-state index in [1.807, 2.05) is 30.3 Å². The largest absolute Gasteiger partial charge is 0.455 e. The fourth-order valence-electron chi connectivity index (χ4n) is 8.89. The van der Waals surface area contributed by atoms with E-state index in [9.17, 15) is 29.1 Å². The number of aromatic nitrogens is 2. The SMILES string of the molecule is CC[C@H]1OC(=O)[C@@](C)(F)C(=O)[C@H](C)[C@@H](O[C@@H]2O[C@H](C)C[C@H](N(C)C)[C@H]2O)[C@](C)(OC(=O)NC/C=C/c2ccc(-c3cccnn3)cc2)C[C@@H](C)C(=O)[C@H](C)C2NC(=O)O[C@@]21C. The predicted octanol–water partition coefficient (Wildman–Crippen LogP) is 4.82. The lowest BCUT2D eigenvalue weighted by atomic mass is 9.73. The summed E-state index contributed by atoms with van der Waals surface area (Å²) in [6.45, 7) is 11.6. The third kappa shape index (κ3) is 10.3. The first kappa shape index (κ1) is 47.2. The zero-order valence-corrected chi connectivity index (χ0v) is 36.5. The minimum Gasteiger partial charge on any atom is -0.455 e. The molecular weight excluding hydrogens is 794 g/mol. The van der Waals surface area contributed by atoms with Gasteiger partial charge < -0.3 is 44.3 Å². The summed E-state index contributed by atoms with van der Waals surface area (Å²) in [5.74, 6) is -6.69. The molecular formula is C44H60FN5O11. The van der Waals surface area contributed by atoms with Gasteiger partial charge in [-0.05, 0) is 78.7 Å². The molecule has 0 saturated carbocycles. The summed E-state index contributed by atoms with van der Waals surface area (Å²) < 4.78 is 46.9. The van der Waals surface area contributed by atoms with Crippen LogP contribution in [0.2, 0.25) is 0 Å². The van der Waals surface area contributed by atoms with E-state index in [2.05, 4.69) is 20.8 Å². The number of likely N-dealkylation sites (N-methyl/N-ethyl adjacent to an activating group) is 1. The number of hydrogen-bond acceptors (Lipinski definition) is 14. The molecule has 1 aromatic carbocycles. The number of rotatable bonds is 9. The van der Waals surface area contributed by atoms with Gasteiger partial charge in [-0.25, -0.2) is 18.8 Å². The number of carbonyl (C=O) groups excluding carboxylic acids is 5. The molecule has 3 aliphatic heterocycles. The summed E-state index contributed by atoms with van der Waals surface area (Å²) in [6.07, 6.45) is -2.57. The number of esters is 1. The Morgan fingerprint density at radius 3 is 2.38 bits per heavy atom. The molecule has 1 aromatic heterocycles. The molecule has 3 aliphatic rings. The Labute approximate surface area is 356 Å². The summed E-state index contributed by atoms with van der Waals surface area (Å²) in [5, 5.41) is 24.9. The van der Waals surface area contributed by atoms with E-state index in [0.29, 0.717) is 12.1 Å². The van der Waals surface area contributed by atoms with Crippen LogP contribution in [-0.2, 0) is 38.1 Å². The first-order valence-electron chi connectivity index (χ1n) is 20.8. The van der Waals surface area contributed by atoms with E-state index in [4.69, 9.17) is 23.7 Å². The van der Waals surface area contributed by atoms with Crippen molar-refractivity contribution >= 4 is 35.8 Å². The van der Waals surface area contributed by atoms with Crippen LogP contribution in [-0.4, -0.2) is 130 Å². The van der Waals surface area contributed by atoms with Gasteiger partial charge in [-0.2, -0.15) is 10.2 Å². The minimum absolute atomic E-state index is 0.00816. The maximum atomic E-state index is 16.9. The molecule has 16 nitrogen and oxygen atoms in total. The van der Waals surface area contributed by atoms with Crippen molar-refractivity contribution in [2.24, 2.45) is 17.8 Å². The Bertz CT molecular complexity index is 1930. The molecule has 2 aromatic rings. The van der Waals surface area contributed by atoms with E-state index in [1.165, 1.54) is 20.8 Å². The van der Waals surface area contributed by atoms with Crippen LogP contribution in [0.25, 0.3) is 17.3 Å². The van der Waals surface area contributed by atoms with Crippen molar-refractivity contribution in [3.8, 4) is 11.3 Å². The van der Waals surface area contributed by atoms with Crippen molar-refractivity contribution in [3.05, 3.63) is 54.2 Å². The number of fused-ring (bicyclic) bond motifs is 1. The van der Waals surface area contributed by atoms with Gasteiger partial charge in [0.1, 0.15) is 29.7 Å². The number of cyclic esters (lactones) is 1. The van der Waals surface area contributed by atoms with Crippen LogP contribution >= 0.6 is 0 Å². The summed E-state index contributed by atoms with van der Waals surface area (Å²) >= 11 is 0. The molecule has 4 heterocycles. The number of carbonyl (C=O) groups is 5. The van der Waals surface area contributed by atoms with Gasteiger partial charge in [-0.15, -0.1) is 0 Å².